The van der Waals surface area contributed by atoms with Crippen LogP contribution in [-0.4, -0.2) is 40.2 Å². The Hall–Kier alpha value is -2.14. The number of hydrogen-bond donors (Lipinski definition) is 1. The number of nitrogens with zero attached hydrogens (tertiary/aromatic N) is 3. The zero-order valence-corrected chi connectivity index (χ0v) is 18.6. The van der Waals surface area contributed by atoms with Gasteiger partial charge in [0.15, 0.2) is 0 Å². The van der Waals surface area contributed by atoms with Gasteiger partial charge < -0.3 is 5.32 Å². The van der Waals surface area contributed by atoms with Crippen LogP contribution in [0, 0.1) is 18.8 Å². The van der Waals surface area contributed by atoms with Crippen molar-refractivity contribution in [3.05, 3.63) is 52.8 Å². The van der Waals surface area contributed by atoms with Crippen LogP contribution in [-0.2, 0) is 31.2 Å². The molecule has 0 radical (unpaired) electrons. The molecule has 0 spiro atoms. The van der Waals surface area contributed by atoms with Gasteiger partial charge in [-0.1, -0.05) is 24.3 Å². The predicted octanol–water partition coefficient (Wildman–Crippen LogP) is 3.64. The Kier molecular flexibility index (Phi) is 6.88. The molecule has 2 heterocycles. The number of hydrogen-bond acceptors (Lipinski definition) is 3. The van der Waals surface area contributed by atoms with Crippen LogP contribution < -0.4 is 5.32 Å². The number of benzene rings is 1. The molecule has 2 aromatic rings. The fraction of sp³-hybridized carbons (Fsp3) is 0.600. The van der Waals surface area contributed by atoms with E-state index in [0.717, 1.165) is 31.3 Å². The lowest BCUT2D eigenvalue weighted by molar-refractivity contribution is -0.121. The molecule has 1 amide bonds. The molecule has 30 heavy (non-hydrogen) atoms. The van der Waals surface area contributed by atoms with Gasteiger partial charge in [0, 0.05) is 37.8 Å². The van der Waals surface area contributed by atoms with Crippen molar-refractivity contribution in [2.24, 2.45) is 18.9 Å². The van der Waals surface area contributed by atoms with Crippen molar-refractivity contribution in [3.63, 3.8) is 0 Å². The molecule has 2 fully saturated rings. The summed E-state index contributed by atoms with van der Waals surface area (Å²) in [6.07, 6.45) is 9.71. The lowest BCUT2D eigenvalue weighted by Gasteiger charge is -2.32. The lowest BCUT2D eigenvalue weighted by atomic mass is 9.89. The van der Waals surface area contributed by atoms with Gasteiger partial charge in [0.05, 0.1) is 6.20 Å². The number of piperidine rings is 1. The Morgan fingerprint density at radius 1 is 1.07 bits per heavy atom. The number of carbonyl (C=O) groups excluding carboxylic acids is 1. The molecule has 1 N–H and O–H groups in total. The summed E-state index contributed by atoms with van der Waals surface area (Å²) in [5.74, 6) is 1.72. The first kappa shape index (κ1) is 21.1. The first-order valence-electron chi connectivity index (χ1n) is 11.6. The number of carbonyl (C=O) groups is 1. The van der Waals surface area contributed by atoms with E-state index >= 15 is 0 Å². The van der Waals surface area contributed by atoms with E-state index in [1.807, 2.05) is 17.9 Å². The lowest BCUT2D eigenvalue weighted by Crippen LogP contribution is -2.34. The van der Waals surface area contributed by atoms with Crippen LogP contribution in [0.1, 0.15) is 54.5 Å². The smallest absolute Gasteiger partial charge is 0.220 e. The summed E-state index contributed by atoms with van der Waals surface area (Å²) in [5, 5.41) is 7.42. The van der Waals surface area contributed by atoms with Crippen molar-refractivity contribution in [2.45, 2.75) is 58.4 Å². The maximum Gasteiger partial charge on any atom is 0.220 e. The molecule has 1 aliphatic carbocycles. The van der Waals surface area contributed by atoms with Crippen LogP contribution >= 0.6 is 0 Å². The number of amides is 1. The first-order valence-corrected chi connectivity index (χ1v) is 11.6. The highest BCUT2D eigenvalue weighted by Gasteiger charge is 2.22. The van der Waals surface area contributed by atoms with Crippen LogP contribution in [0.15, 0.2) is 30.5 Å². The standard InChI is InChI=1S/C25H36N4O/c1-19-24(17-27-28(19)2)18-29-13-11-22(12-14-29)15-21-5-3-20(4-6-21)9-10-25(30)26-16-23-7-8-23/h3-6,17,22-23H,7-16,18H2,1-2H3,(H,26,30). The molecule has 1 saturated heterocycles. The van der Waals surface area contributed by atoms with Crippen molar-refractivity contribution >= 4 is 5.91 Å². The molecule has 1 aromatic carbocycles. The quantitative estimate of drug-likeness (QED) is 0.689. The molecule has 0 atom stereocenters. The van der Waals surface area contributed by atoms with Gasteiger partial charge >= 0.3 is 0 Å². The Labute approximate surface area is 180 Å². The summed E-state index contributed by atoms with van der Waals surface area (Å²) in [4.78, 5) is 14.5. The molecule has 5 nitrogen and oxygen atoms in total. The summed E-state index contributed by atoms with van der Waals surface area (Å²) >= 11 is 0. The Morgan fingerprint density at radius 3 is 2.40 bits per heavy atom. The van der Waals surface area contributed by atoms with Crippen molar-refractivity contribution < 1.29 is 4.79 Å². The molecule has 0 bridgehead atoms. The van der Waals surface area contributed by atoms with Gasteiger partial charge in [0.25, 0.3) is 0 Å². The van der Waals surface area contributed by atoms with E-state index in [9.17, 15) is 4.79 Å². The van der Waals surface area contributed by atoms with Crippen molar-refractivity contribution in [3.8, 4) is 0 Å². The fourth-order valence-corrected chi connectivity index (χ4v) is 4.39. The summed E-state index contributed by atoms with van der Waals surface area (Å²) in [6.45, 7) is 6.40. The third-order valence-corrected chi connectivity index (χ3v) is 6.91. The van der Waals surface area contributed by atoms with Crippen LogP contribution in [0.25, 0.3) is 0 Å². The summed E-state index contributed by atoms with van der Waals surface area (Å²) in [7, 11) is 2.01. The SMILES string of the molecule is Cc1c(CN2CCC(Cc3ccc(CCC(=O)NCC4CC4)cc3)CC2)cnn1C. The Bertz CT molecular complexity index is 829. The molecule has 2 aliphatic rings. The average Bonchev–Trinajstić information content (AvgIpc) is 3.54. The molecular formula is C25H36N4O. The fourth-order valence-electron chi connectivity index (χ4n) is 4.39. The number of rotatable bonds is 9. The highest BCUT2D eigenvalue weighted by Crippen LogP contribution is 2.27. The summed E-state index contributed by atoms with van der Waals surface area (Å²) in [5.41, 5.74) is 5.32. The minimum Gasteiger partial charge on any atom is -0.356 e. The zero-order chi connectivity index (χ0) is 20.9. The van der Waals surface area contributed by atoms with Crippen molar-refractivity contribution in [2.75, 3.05) is 19.6 Å². The molecule has 1 aromatic heterocycles. The van der Waals surface area contributed by atoms with Gasteiger partial charge in [-0.25, -0.2) is 0 Å². The molecule has 0 unspecified atom stereocenters. The van der Waals surface area contributed by atoms with Gasteiger partial charge in [0.2, 0.25) is 5.91 Å². The molecule has 1 aliphatic heterocycles. The van der Waals surface area contributed by atoms with E-state index in [0.29, 0.717) is 6.42 Å². The highest BCUT2D eigenvalue weighted by molar-refractivity contribution is 5.76. The van der Waals surface area contributed by atoms with Crippen LogP contribution in [0.4, 0.5) is 0 Å². The third-order valence-electron chi connectivity index (χ3n) is 6.91. The van der Waals surface area contributed by atoms with Gasteiger partial charge in [-0.2, -0.15) is 5.10 Å². The monoisotopic (exact) mass is 408 g/mol. The van der Waals surface area contributed by atoms with E-state index < -0.39 is 0 Å². The van der Waals surface area contributed by atoms with Gasteiger partial charge in [-0.05, 0) is 81.5 Å². The van der Waals surface area contributed by atoms with E-state index in [-0.39, 0.29) is 5.91 Å². The normalized spacial score (nSPS) is 17.9. The Morgan fingerprint density at radius 2 is 1.77 bits per heavy atom. The van der Waals surface area contributed by atoms with Crippen LogP contribution in [0.2, 0.25) is 0 Å². The second-order valence-electron chi connectivity index (χ2n) is 9.37. The average molecular weight is 409 g/mol. The molecule has 1 saturated carbocycles. The summed E-state index contributed by atoms with van der Waals surface area (Å²) in [6, 6.07) is 8.96. The highest BCUT2D eigenvalue weighted by atomic mass is 16.1. The second kappa shape index (κ2) is 9.78. The minimum atomic E-state index is 0.194. The third kappa shape index (κ3) is 5.94. The van der Waals surface area contributed by atoms with E-state index in [1.165, 1.54) is 67.6 Å². The summed E-state index contributed by atoms with van der Waals surface area (Å²) < 4.78 is 1.96. The topological polar surface area (TPSA) is 50.2 Å². The molecule has 162 valence electrons. The maximum atomic E-state index is 11.9. The largest absolute Gasteiger partial charge is 0.356 e. The van der Waals surface area contributed by atoms with Crippen molar-refractivity contribution in [1.82, 2.24) is 20.0 Å². The predicted molar refractivity (Wildman–Crippen MR) is 120 cm³/mol. The van der Waals surface area contributed by atoms with Gasteiger partial charge in [0.1, 0.15) is 0 Å². The van der Waals surface area contributed by atoms with Crippen molar-refractivity contribution in [1.29, 1.82) is 0 Å². The minimum absolute atomic E-state index is 0.194. The molecule has 5 heteroatoms. The van der Waals surface area contributed by atoms with Crippen LogP contribution in [0.5, 0.6) is 0 Å². The number of nitrogens with one attached hydrogen (secondary N) is 1. The van der Waals surface area contributed by atoms with Gasteiger partial charge in [-0.15, -0.1) is 0 Å². The van der Waals surface area contributed by atoms with E-state index in [2.05, 4.69) is 46.5 Å². The second-order valence-corrected chi connectivity index (χ2v) is 9.37. The molecule has 4 rings (SSSR count). The van der Waals surface area contributed by atoms with Crippen LogP contribution in [0.3, 0.4) is 0 Å². The number of aromatic nitrogens is 2. The van der Waals surface area contributed by atoms with E-state index in [4.69, 9.17) is 0 Å². The van der Waals surface area contributed by atoms with E-state index in [1.54, 1.807) is 0 Å². The van der Waals surface area contributed by atoms with Gasteiger partial charge in [-0.3, -0.25) is 14.4 Å². The zero-order valence-electron chi connectivity index (χ0n) is 18.6. The maximum absolute atomic E-state index is 11.9. The molecular weight excluding hydrogens is 372 g/mol. The Balaban J connectivity index is 1.17. The first-order chi connectivity index (χ1) is 14.6. The number of aryl methyl sites for hydroxylation is 2. The number of likely N-dealkylation sites (tertiary alicyclic amines) is 1.